The first-order valence-electron chi connectivity index (χ1n) is 10.2. The molecule has 2 aromatic heterocycles. The van der Waals surface area contributed by atoms with Crippen LogP contribution in [-0.2, 0) is 22.6 Å². The van der Waals surface area contributed by atoms with Crippen LogP contribution in [0.25, 0.3) is 0 Å². The molecule has 1 unspecified atom stereocenters. The Morgan fingerprint density at radius 2 is 2.17 bits per heavy atom. The minimum Gasteiger partial charge on any atom is -0.339 e. The number of carbonyl (C=O) groups is 2. The van der Waals surface area contributed by atoms with Crippen LogP contribution in [0.1, 0.15) is 56.9 Å². The Labute approximate surface area is 171 Å². The Morgan fingerprint density at radius 1 is 1.38 bits per heavy atom. The summed E-state index contributed by atoms with van der Waals surface area (Å²) in [6.45, 7) is 9.46. The molecule has 29 heavy (non-hydrogen) atoms. The van der Waals surface area contributed by atoms with Crippen molar-refractivity contribution in [2.24, 2.45) is 0 Å². The van der Waals surface area contributed by atoms with Gasteiger partial charge in [-0.25, -0.2) is 0 Å². The molecule has 2 amide bonds. The van der Waals surface area contributed by atoms with E-state index in [1.54, 1.807) is 11.6 Å². The molecule has 0 aromatic carbocycles. The molecule has 0 radical (unpaired) electrons. The van der Waals surface area contributed by atoms with Crippen molar-refractivity contribution in [3.05, 3.63) is 29.7 Å². The zero-order valence-corrected chi connectivity index (χ0v) is 17.7. The second-order valence-electron chi connectivity index (χ2n) is 7.96. The van der Waals surface area contributed by atoms with Gasteiger partial charge in [-0.05, 0) is 25.8 Å². The number of hydrogen-bond acceptors (Lipinski definition) is 6. The van der Waals surface area contributed by atoms with Gasteiger partial charge >= 0.3 is 0 Å². The van der Waals surface area contributed by atoms with E-state index < -0.39 is 0 Å². The molecular formula is C20H30N6O3. The summed E-state index contributed by atoms with van der Waals surface area (Å²) in [6, 6.07) is 1.88. The lowest BCUT2D eigenvalue weighted by molar-refractivity contribution is -0.139. The molecule has 3 rings (SSSR count). The van der Waals surface area contributed by atoms with E-state index in [0.29, 0.717) is 37.8 Å². The monoisotopic (exact) mass is 402 g/mol. The Kier molecular flexibility index (Phi) is 6.66. The van der Waals surface area contributed by atoms with Gasteiger partial charge in [-0.3, -0.25) is 14.3 Å². The molecule has 9 nitrogen and oxygen atoms in total. The molecule has 1 aliphatic heterocycles. The zero-order valence-electron chi connectivity index (χ0n) is 17.7. The maximum Gasteiger partial charge on any atom is 0.244 e. The molecule has 3 heterocycles. The van der Waals surface area contributed by atoms with Crippen molar-refractivity contribution in [3.63, 3.8) is 0 Å². The molecule has 2 aromatic rings. The third-order valence-electron chi connectivity index (χ3n) is 5.22. The van der Waals surface area contributed by atoms with E-state index in [4.69, 9.17) is 4.52 Å². The number of rotatable bonds is 7. The third-order valence-corrected chi connectivity index (χ3v) is 5.22. The Hall–Kier alpha value is -2.71. The predicted octanol–water partition coefficient (Wildman–Crippen LogP) is 1.78. The summed E-state index contributed by atoms with van der Waals surface area (Å²) < 4.78 is 6.90. The Balaban J connectivity index is 1.59. The van der Waals surface area contributed by atoms with Crippen LogP contribution < -0.4 is 0 Å². The van der Waals surface area contributed by atoms with Gasteiger partial charge in [0.25, 0.3) is 0 Å². The number of nitrogens with zero attached hydrogens (tertiary/aromatic N) is 6. The van der Waals surface area contributed by atoms with E-state index in [1.165, 1.54) is 0 Å². The van der Waals surface area contributed by atoms with E-state index in [0.717, 1.165) is 18.5 Å². The van der Waals surface area contributed by atoms with Crippen molar-refractivity contribution >= 4 is 11.8 Å². The van der Waals surface area contributed by atoms with Crippen LogP contribution in [0.4, 0.5) is 0 Å². The quantitative estimate of drug-likeness (QED) is 0.700. The van der Waals surface area contributed by atoms with Crippen molar-refractivity contribution in [1.82, 2.24) is 29.7 Å². The van der Waals surface area contributed by atoms with Gasteiger partial charge in [0, 0.05) is 51.1 Å². The van der Waals surface area contributed by atoms with Crippen molar-refractivity contribution in [2.45, 2.75) is 65.5 Å². The number of carbonyl (C=O) groups excluding carboxylic acids is 2. The smallest absolute Gasteiger partial charge is 0.244 e. The SMILES string of the molecule is CC(=O)N(CCc1noc(C(C)C)n1)C1CCCN(C(=O)Cn2ccc(C)n2)C1. The third kappa shape index (κ3) is 5.42. The average molecular weight is 402 g/mol. The highest BCUT2D eigenvalue weighted by Gasteiger charge is 2.29. The molecule has 1 saturated heterocycles. The fraction of sp³-hybridized carbons (Fsp3) is 0.650. The summed E-state index contributed by atoms with van der Waals surface area (Å²) in [5, 5.41) is 8.29. The molecule has 1 fully saturated rings. The van der Waals surface area contributed by atoms with E-state index in [1.807, 2.05) is 42.8 Å². The summed E-state index contributed by atoms with van der Waals surface area (Å²) in [6.07, 6.45) is 4.10. The lowest BCUT2D eigenvalue weighted by Crippen LogP contribution is -2.52. The van der Waals surface area contributed by atoms with E-state index >= 15 is 0 Å². The first-order chi connectivity index (χ1) is 13.8. The zero-order chi connectivity index (χ0) is 21.0. The van der Waals surface area contributed by atoms with Crippen molar-refractivity contribution in [1.29, 1.82) is 0 Å². The van der Waals surface area contributed by atoms with Gasteiger partial charge in [0.15, 0.2) is 5.82 Å². The van der Waals surface area contributed by atoms with E-state index in [2.05, 4.69) is 15.2 Å². The maximum atomic E-state index is 12.7. The molecule has 0 aliphatic carbocycles. The maximum absolute atomic E-state index is 12.7. The first-order valence-corrected chi connectivity index (χ1v) is 10.2. The highest BCUT2D eigenvalue weighted by molar-refractivity contribution is 5.76. The highest BCUT2D eigenvalue weighted by Crippen LogP contribution is 2.18. The van der Waals surface area contributed by atoms with E-state index in [9.17, 15) is 9.59 Å². The van der Waals surface area contributed by atoms with Gasteiger partial charge in [-0.1, -0.05) is 19.0 Å². The number of hydrogen-bond donors (Lipinski definition) is 0. The largest absolute Gasteiger partial charge is 0.339 e. The fourth-order valence-electron chi connectivity index (χ4n) is 3.65. The van der Waals surface area contributed by atoms with Crippen LogP contribution in [0.3, 0.4) is 0 Å². The number of amides is 2. The molecule has 9 heteroatoms. The van der Waals surface area contributed by atoms with Crippen LogP contribution in [0.2, 0.25) is 0 Å². The number of aryl methyl sites for hydroxylation is 1. The minimum atomic E-state index is -0.000391. The van der Waals surface area contributed by atoms with Crippen molar-refractivity contribution < 1.29 is 14.1 Å². The van der Waals surface area contributed by atoms with Gasteiger partial charge in [0.05, 0.1) is 5.69 Å². The molecule has 158 valence electrons. The number of likely N-dealkylation sites (tertiary alicyclic amines) is 1. The summed E-state index contributed by atoms with van der Waals surface area (Å²) >= 11 is 0. The van der Waals surface area contributed by atoms with Gasteiger partial charge < -0.3 is 14.3 Å². The van der Waals surface area contributed by atoms with Gasteiger partial charge in [-0.15, -0.1) is 0 Å². The summed E-state index contributed by atoms with van der Waals surface area (Å²) in [5.41, 5.74) is 0.888. The minimum absolute atomic E-state index is 0.000391. The van der Waals surface area contributed by atoms with E-state index in [-0.39, 0.29) is 30.3 Å². The Bertz CT molecular complexity index is 843. The molecule has 0 bridgehead atoms. The van der Waals surface area contributed by atoms with Crippen LogP contribution in [0.5, 0.6) is 0 Å². The molecule has 0 spiro atoms. The first kappa shape index (κ1) is 21.0. The molecular weight excluding hydrogens is 372 g/mol. The standard InChI is InChI=1S/C20H30N6O3/c1-14(2)20-21-18(23-29-20)8-11-26(16(4)27)17-6-5-9-24(12-17)19(28)13-25-10-7-15(3)22-25/h7,10,14,17H,5-6,8-9,11-13H2,1-4H3. The normalized spacial score (nSPS) is 17.0. The van der Waals surface area contributed by atoms with Crippen LogP contribution >= 0.6 is 0 Å². The summed E-state index contributed by atoms with van der Waals surface area (Å²) in [5.74, 6) is 1.42. The van der Waals surface area contributed by atoms with Crippen molar-refractivity contribution in [2.75, 3.05) is 19.6 Å². The second kappa shape index (κ2) is 9.19. The molecule has 1 aliphatic rings. The Morgan fingerprint density at radius 3 is 2.79 bits per heavy atom. The van der Waals surface area contributed by atoms with Crippen LogP contribution in [-0.4, -0.2) is 67.2 Å². The number of aromatic nitrogens is 4. The van der Waals surface area contributed by atoms with Crippen LogP contribution in [0.15, 0.2) is 16.8 Å². The molecule has 0 N–H and O–H groups in total. The fourth-order valence-corrected chi connectivity index (χ4v) is 3.65. The topological polar surface area (TPSA) is 97.4 Å². The van der Waals surface area contributed by atoms with Gasteiger partial charge in [0.2, 0.25) is 17.7 Å². The number of piperidine rings is 1. The molecule has 1 atom stereocenters. The van der Waals surface area contributed by atoms with Crippen molar-refractivity contribution in [3.8, 4) is 0 Å². The second-order valence-corrected chi connectivity index (χ2v) is 7.96. The lowest BCUT2D eigenvalue weighted by Gasteiger charge is -2.39. The lowest BCUT2D eigenvalue weighted by atomic mass is 10.0. The van der Waals surface area contributed by atoms with Gasteiger partial charge in [-0.2, -0.15) is 10.1 Å². The summed E-state index contributed by atoms with van der Waals surface area (Å²) in [4.78, 5) is 33.0. The van der Waals surface area contributed by atoms with Gasteiger partial charge in [0.1, 0.15) is 6.54 Å². The molecule has 0 saturated carbocycles. The predicted molar refractivity (Wildman–Crippen MR) is 106 cm³/mol. The highest BCUT2D eigenvalue weighted by atomic mass is 16.5. The summed E-state index contributed by atoms with van der Waals surface area (Å²) in [7, 11) is 0. The van der Waals surface area contributed by atoms with Crippen LogP contribution in [0, 0.1) is 6.92 Å². The average Bonchev–Trinajstić information content (AvgIpc) is 3.31.